The van der Waals surface area contributed by atoms with Gasteiger partial charge in [0.2, 0.25) is 0 Å². The van der Waals surface area contributed by atoms with Gasteiger partial charge in [0.25, 0.3) is 0 Å². The first kappa shape index (κ1) is 13.6. The molecule has 1 N–H and O–H groups in total. The molecule has 1 atom stereocenters. The molecule has 0 aromatic heterocycles. The minimum Gasteiger partial charge on any atom is -0.444 e. The number of hydrogen-bond acceptors (Lipinski definition) is 4. The van der Waals surface area contributed by atoms with Gasteiger partial charge in [0.05, 0.1) is 12.5 Å². The SMILES string of the molecule is C[C@@H](NC(=O)OC(C)(C)C)C(=O)CC=O. The number of carbonyl (C=O) groups excluding carboxylic acids is 3. The second-order valence-corrected chi connectivity index (χ2v) is 4.21. The summed E-state index contributed by atoms with van der Waals surface area (Å²) in [5.74, 6) is -0.337. The van der Waals surface area contributed by atoms with Crippen LogP contribution < -0.4 is 5.32 Å². The van der Waals surface area contributed by atoms with E-state index in [0.29, 0.717) is 6.29 Å². The van der Waals surface area contributed by atoms with Crippen molar-refractivity contribution in [1.29, 1.82) is 0 Å². The van der Waals surface area contributed by atoms with Gasteiger partial charge in [-0.05, 0) is 27.7 Å². The summed E-state index contributed by atoms with van der Waals surface area (Å²) in [5.41, 5.74) is -0.600. The fraction of sp³-hybridized carbons (Fsp3) is 0.700. The summed E-state index contributed by atoms with van der Waals surface area (Å²) in [7, 11) is 0. The van der Waals surface area contributed by atoms with Crippen molar-refractivity contribution in [2.75, 3.05) is 0 Å². The second kappa shape index (κ2) is 5.48. The summed E-state index contributed by atoms with van der Waals surface area (Å²) in [6.45, 7) is 6.69. The van der Waals surface area contributed by atoms with Gasteiger partial charge in [0, 0.05) is 0 Å². The number of alkyl carbamates (subject to hydrolysis) is 1. The first-order valence-electron chi connectivity index (χ1n) is 4.72. The zero-order valence-corrected chi connectivity index (χ0v) is 9.49. The van der Waals surface area contributed by atoms with E-state index < -0.39 is 17.7 Å². The van der Waals surface area contributed by atoms with E-state index in [1.54, 1.807) is 20.8 Å². The number of ether oxygens (including phenoxy) is 1. The lowest BCUT2D eigenvalue weighted by molar-refractivity contribution is -0.123. The Bertz CT molecular complexity index is 255. The van der Waals surface area contributed by atoms with Crippen LogP contribution in [0.3, 0.4) is 0 Å². The average molecular weight is 215 g/mol. The number of aldehydes is 1. The fourth-order valence-electron chi connectivity index (χ4n) is 0.824. The molecule has 0 radical (unpaired) electrons. The molecule has 0 rings (SSSR count). The molecule has 0 heterocycles. The second-order valence-electron chi connectivity index (χ2n) is 4.21. The van der Waals surface area contributed by atoms with Gasteiger partial charge in [-0.25, -0.2) is 4.79 Å². The zero-order valence-electron chi connectivity index (χ0n) is 9.49. The van der Waals surface area contributed by atoms with Crippen molar-refractivity contribution >= 4 is 18.2 Å². The third kappa shape index (κ3) is 6.65. The Morgan fingerprint density at radius 2 is 1.93 bits per heavy atom. The Hall–Kier alpha value is -1.39. The maximum Gasteiger partial charge on any atom is 0.408 e. The van der Waals surface area contributed by atoms with E-state index in [4.69, 9.17) is 4.74 Å². The van der Waals surface area contributed by atoms with Crippen molar-refractivity contribution in [3.8, 4) is 0 Å². The van der Waals surface area contributed by atoms with Crippen LogP contribution in [0.1, 0.15) is 34.1 Å². The molecule has 0 spiro atoms. The van der Waals surface area contributed by atoms with Gasteiger partial charge in [-0.2, -0.15) is 0 Å². The van der Waals surface area contributed by atoms with Crippen LogP contribution in [-0.4, -0.2) is 29.8 Å². The maximum absolute atomic E-state index is 11.2. The molecule has 86 valence electrons. The molecular weight excluding hydrogens is 198 g/mol. The van der Waals surface area contributed by atoms with E-state index in [2.05, 4.69) is 5.32 Å². The molecule has 0 fully saturated rings. The largest absolute Gasteiger partial charge is 0.444 e. The lowest BCUT2D eigenvalue weighted by Crippen LogP contribution is -2.41. The summed E-state index contributed by atoms with van der Waals surface area (Å²) in [6.07, 6.45) is -0.346. The molecule has 1 amide bonds. The summed E-state index contributed by atoms with van der Waals surface area (Å²) >= 11 is 0. The molecule has 0 saturated carbocycles. The first-order chi connectivity index (χ1) is 6.76. The van der Waals surface area contributed by atoms with Crippen LogP contribution in [0.2, 0.25) is 0 Å². The van der Waals surface area contributed by atoms with Crippen molar-refractivity contribution < 1.29 is 19.1 Å². The normalized spacial score (nSPS) is 12.8. The third-order valence-corrected chi connectivity index (χ3v) is 1.50. The number of hydrogen-bond donors (Lipinski definition) is 1. The molecule has 0 aromatic carbocycles. The highest BCUT2D eigenvalue weighted by Crippen LogP contribution is 2.06. The Balaban J connectivity index is 4.07. The molecule has 0 aliphatic carbocycles. The fourth-order valence-corrected chi connectivity index (χ4v) is 0.824. The summed E-state index contributed by atoms with van der Waals surface area (Å²) in [4.78, 5) is 32.4. The number of carbonyl (C=O) groups is 3. The zero-order chi connectivity index (χ0) is 12.1. The quantitative estimate of drug-likeness (QED) is 0.562. The predicted octanol–water partition coefficient (Wildman–Crippen LogP) is 1.06. The van der Waals surface area contributed by atoms with E-state index in [1.165, 1.54) is 6.92 Å². The molecule has 5 heteroatoms. The van der Waals surface area contributed by atoms with E-state index in [1.807, 2.05) is 0 Å². The van der Waals surface area contributed by atoms with Crippen molar-refractivity contribution in [2.45, 2.75) is 45.8 Å². The topological polar surface area (TPSA) is 72.5 Å². The third-order valence-electron chi connectivity index (χ3n) is 1.50. The van der Waals surface area contributed by atoms with E-state index in [0.717, 1.165) is 0 Å². The van der Waals surface area contributed by atoms with Gasteiger partial charge in [-0.15, -0.1) is 0 Å². The molecule has 15 heavy (non-hydrogen) atoms. The van der Waals surface area contributed by atoms with Crippen molar-refractivity contribution in [3.05, 3.63) is 0 Å². The van der Waals surface area contributed by atoms with Crippen LogP contribution in [0, 0.1) is 0 Å². The van der Waals surface area contributed by atoms with Crippen molar-refractivity contribution in [1.82, 2.24) is 5.32 Å². The molecule has 0 unspecified atom stereocenters. The summed E-state index contributed by atoms with van der Waals surface area (Å²) < 4.78 is 4.95. The number of amides is 1. The summed E-state index contributed by atoms with van der Waals surface area (Å²) in [5, 5.41) is 2.35. The van der Waals surface area contributed by atoms with Gasteiger partial charge in [-0.3, -0.25) is 4.79 Å². The molecule has 5 nitrogen and oxygen atoms in total. The average Bonchev–Trinajstić information content (AvgIpc) is 2.00. The highest BCUT2D eigenvalue weighted by Gasteiger charge is 2.20. The Kier molecular flexibility index (Phi) is 4.97. The number of ketones is 1. The van der Waals surface area contributed by atoms with E-state index in [-0.39, 0.29) is 12.2 Å². The Labute approximate surface area is 89.2 Å². The molecule has 0 aliphatic heterocycles. The van der Waals surface area contributed by atoms with Crippen LogP contribution in [0.15, 0.2) is 0 Å². The van der Waals surface area contributed by atoms with Gasteiger partial charge in [0.15, 0.2) is 5.78 Å². The number of rotatable bonds is 4. The number of Topliss-reactive ketones (excluding diaryl/α,β-unsaturated/α-hetero) is 1. The monoisotopic (exact) mass is 215 g/mol. The van der Waals surface area contributed by atoms with Gasteiger partial charge < -0.3 is 14.8 Å². The minimum atomic E-state index is -0.704. The van der Waals surface area contributed by atoms with Crippen LogP contribution in [0.5, 0.6) is 0 Å². The van der Waals surface area contributed by atoms with Crippen LogP contribution in [-0.2, 0) is 14.3 Å². The van der Waals surface area contributed by atoms with Crippen LogP contribution in [0.25, 0.3) is 0 Å². The van der Waals surface area contributed by atoms with Crippen molar-refractivity contribution in [2.24, 2.45) is 0 Å². The van der Waals surface area contributed by atoms with Crippen LogP contribution >= 0.6 is 0 Å². The molecule has 0 bridgehead atoms. The van der Waals surface area contributed by atoms with Crippen molar-refractivity contribution in [3.63, 3.8) is 0 Å². The smallest absolute Gasteiger partial charge is 0.408 e. The van der Waals surface area contributed by atoms with Gasteiger partial charge in [0.1, 0.15) is 11.9 Å². The summed E-state index contributed by atoms with van der Waals surface area (Å²) in [6, 6.07) is -0.704. The highest BCUT2D eigenvalue weighted by atomic mass is 16.6. The van der Waals surface area contributed by atoms with E-state index >= 15 is 0 Å². The Morgan fingerprint density at radius 3 is 2.33 bits per heavy atom. The molecular formula is C10H17NO4. The highest BCUT2D eigenvalue weighted by molar-refractivity contribution is 5.94. The van der Waals surface area contributed by atoms with Gasteiger partial charge in [-0.1, -0.05) is 0 Å². The first-order valence-corrected chi connectivity index (χ1v) is 4.72. The lowest BCUT2D eigenvalue weighted by Gasteiger charge is -2.21. The maximum atomic E-state index is 11.2. The molecule has 0 aromatic rings. The minimum absolute atomic E-state index is 0.197. The molecule has 0 aliphatic rings. The Morgan fingerprint density at radius 1 is 1.40 bits per heavy atom. The predicted molar refractivity (Wildman–Crippen MR) is 54.5 cm³/mol. The standard InChI is InChI=1S/C10H17NO4/c1-7(8(13)5-6-12)11-9(14)15-10(2,3)4/h6-7H,5H2,1-4H3,(H,11,14)/t7-/m1/s1. The number of nitrogens with one attached hydrogen (secondary N) is 1. The molecule has 0 saturated heterocycles. The van der Waals surface area contributed by atoms with E-state index in [9.17, 15) is 14.4 Å². The van der Waals surface area contributed by atoms with Crippen LogP contribution in [0.4, 0.5) is 4.79 Å². The lowest BCUT2D eigenvalue weighted by atomic mass is 10.2. The van der Waals surface area contributed by atoms with Gasteiger partial charge >= 0.3 is 6.09 Å².